The number of benzene rings is 1. The molecule has 1 amide bonds. The maximum atomic E-state index is 13.0. The third kappa shape index (κ3) is 5.31. The lowest BCUT2D eigenvalue weighted by atomic mass is 10.1. The van der Waals surface area contributed by atoms with Gasteiger partial charge in [0.25, 0.3) is 0 Å². The first kappa shape index (κ1) is 17.4. The predicted octanol–water partition coefficient (Wildman–Crippen LogP) is 1.96. The van der Waals surface area contributed by atoms with E-state index in [4.69, 9.17) is 10.00 Å². The Morgan fingerprint density at radius 2 is 2.22 bits per heavy atom. The first-order valence-corrected chi connectivity index (χ1v) is 7.80. The molecule has 1 heterocycles. The van der Waals surface area contributed by atoms with Gasteiger partial charge in [0.05, 0.1) is 25.2 Å². The van der Waals surface area contributed by atoms with Gasteiger partial charge < -0.3 is 9.64 Å². The largest absolute Gasteiger partial charge is 0.371 e. The number of nitrogens with zero attached hydrogens (tertiary/aromatic N) is 3. The first-order chi connectivity index (χ1) is 11.1. The topological polar surface area (TPSA) is 56.6 Å². The second-order valence-corrected chi connectivity index (χ2v) is 5.68. The van der Waals surface area contributed by atoms with Crippen molar-refractivity contribution in [2.75, 3.05) is 39.8 Å². The standard InChI is InChI=1S/C17H22FN3O2/c1-20(9-2-8-19)17(22)7-10-21-11-12-23-16(13-21)14-3-5-15(18)6-4-14/h3-6,16H,2,7,9-13H2,1H3. The van der Waals surface area contributed by atoms with Gasteiger partial charge >= 0.3 is 0 Å². The summed E-state index contributed by atoms with van der Waals surface area (Å²) in [7, 11) is 1.72. The number of ether oxygens (including phenoxy) is 1. The average molecular weight is 319 g/mol. The van der Waals surface area contributed by atoms with E-state index in [1.807, 2.05) is 6.07 Å². The Labute approximate surface area is 136 Å². The van der Waals surface area contributed by atoms with E-state index in [0.717, 1.165) is 12.1 Å². The highest BCUT2D eigenvalue weighted by Crippen LogP contribution is 2.22. The molecule has 124 valence electrons. The van der Waals surface area contributed by atoms with Gasteiger partial charge in [0.15, 0.2) is 0 Å². The van der Waals surface area contributed by atoms with Gasteiger partial charge in [0, 0.05) is 39.6 Å². The molecule has 1 aliphatic heterocycles. The maximum absolute atomic E-state index is 13.0. The smallest absolute Gasteiger partial charge is 0.223 e. The Morgan fingerprint density at radius 3 is 2.91 bits per heavy atom. The number of hydrogen-bond donors (Lipinski definition) is 0. The Hall–Kier alpha value is -1.97. The molecule has 1 unspecified atom stereocenters. The van der Waals surface area contributed by atoms with Crippen LogP contribution in [0.3, 0.4) is 0 Å². The number of morpholine rings is 1. The van der Waals surface area contributed by atoms with Crippen LogP contribution in [0.2, 0.25) is 0 Å². The summed E-state index contributed by atoms with van der Waals surface area (Å²) in [4.78, 5) is 15.8. The molecule has 5 nitrogen and oxygen atoms in total. The summed E-state index contributed by atoms with van der Waals surface area (Å²) in [5.41, 5.74) is 0.952. The van der Waals surface area contributed by atoms with Crippen LogP contribution in [0.1, 0.15) is 24.5 Å². The van der Waals surface area contributed by atoms with Gasteiger partial charge in [-0.2, -0.15) is 5.26 Å². The van der Waals surface area contributed by atoms with E-state index in [-0.39, 0.29) is 17.8 Å². The van der Waals surface area contributed by atoms with Crippen molar-refractivity contribution in [1.29, 1.82) is 5.26 Å². The molecule has 0 N–H and O–H groups in total. The minimum Gasteiger partial charge on any atom is -0.371 e. The average Bonchev–Trinajstić information content (AvgIpc) is 2.58. The number of halogens is 1. The number of rotatable bonds is 6. The highest BCUT2D eigenvalue weighted by Gasteiger charge is 2.22. The van der Waals surface area contributed by atoms with Crippen LogP contribution < -0.4 is 0 Å². The molecule has 0 spiro atoms. The Balaban J connectivity index is 1.81. The highest BCUT2D eigenvalue weighted by atomic mass is 19.1. The Bertz CT molecular complexity index is 556. The highest BCUT2D eigenvalue weighted by molar-refractivity contribution is 5.76. The van der Waals surface area contributed by atoms with Gasteiger partial charge in [-0.1, -0.05) is 12.1 Å². The molecule has 0 radical (unpaired) electrons. The van der Waals surface area contributed by atoms with Crippen LogP contribution in [-0.4, -0.2) is 55.5 Å². The molecule has 6 heteroatoms. The predicted molar refractivity (Wildman–Crippen MR) is 84.0 cm³/mol. The van der Waals surface area contributed by atoms with Gasteiger partial charge in [-0.05, 0) is 17.7 Å². The molecule has 0 bridgehead atoms. The number of hydrogen-bond acceptors (Lipinski definition) is 4. The SMILES string of the molecule is CN(CCC#N)C(=O)CCN1CCOC(c2ccc(F)cc2)C1. The van der Waals surface area contributed by atoms with Crippen LogP contribution >= 0.6 is 0 Å². The fourth-order valence-electron chi connectivity index (χ4n) is 2.57. The second-order valence-electron chi connectivity index (χ2n) is 5.68. The number of amides is 1. The molecule has 1 aromatic carbocycles. The molecule has 1 saturated heterocycles. The molecule has 1 aliphatic rings. The first-order valence-electron chi connectivity index (χ1n) is 7.80. The van der Waals surface area contributed by atoms with Crippen molar-refractivity contribution in [1.82, 2.24) is 9.80 Å². The zero-order valence-electron chi connectivity index (χ0n) is 13.4. The summed E-state index contributed by atoms with van der Waals surface area (Å²) in [6.07, 6.45) is 0.695. The third-order valence-electron chi connectivity index (χ3n) is 4.02. The Kier molecular flexibility index (Phi) is 6.51. The molecule has 1 fully saturated rings. The Morgan fingerprint density at radius 1 is 1.48 bits per heavy atom. The fraction of sp³-hybridized carbons (Fsp3) is 0.529. The maximum Gasteiger partial charge on any atom is 0.223 e. The second kappa shape index (κ2) is 8.61. The van der Waals surface area contributed by atoms with E-state index in [1.54, 1.807) is 24.1 Å². The molecule has 2 rings (SSSR count). The minimum atomic E-state index is -0.257. The van der Waals surface area contributed by atoms with Crippen molar-refractivity contribution in [3.63, 3.8) is 0 Å². The van der Waals surface area contributed by atoms with Crippen LogP contribution in [0.5, 0.6) is 0 Å². The van der Waals surface area contributed by atoms with Crippen molar-refractivity contribution < 1.29 is 13.9 Å². The van der Waals surface area contributed by atoms with Crippen LogP contribution in [0.4, 0.5) is 4.39 Å². The van der Waals surface area contributed by atoms with E-state index in [0.29, 0.717) is 39.1 Å². The van der Waals surface area contributed by atoms with Crippen LogP contribution in [0.25, 0.3) is 0 Å². The summed E-state index contributed by atoms with van der Waals surface area (Å²) in [5.74, 6) is -0.211. The van der Waals surface area contributed by atoms with Crippen molar-refractivity contribution in [3.05, 3.63) is 35.6 Å². The number of nitriles is 1. The summed E-state index contributed by atoms with van der Waals surface area (Å²) >= 11 is 0. The molecule has 1 atom stereocenters. The van der Waals surface area contributed by atoms with Crippen molar-refractivity contribution in [2.24, 2.45) is 0 Å². The van der Waals surface area contributed by atoms with Crippen molar-refractivity contribution in [3.8, 4) is 6.07 Å². The summed E-state index contributed by atoms with van der Waals surface area (Å²) < 4.78 is 18.7. The van der Waals surface area contributed by atoms with Gasteiger partial charge in [0.2, 0.25) is 5.91 Å². The summed E-state index contributed by atoms with van der Waals surface area (Å²) in [6.45, 7) is 3.21. The fourth-order valence-corrected chi connectivity index (χ4v) is 2.57. The normalized spacial score (nSPS) is 18.4. The van der Waals surface area contributed by atoms with Gasteiger partial charge in [0.1, 0.15) is 5.82 Å². The van der Waals surface area contributed by atoms with E-state index >= 15 is 0 Å². The van der Waals surface area contributed by atoms with E-state index < -0.39 is 0 Å². The zero-order chi connectivity index (χ0) is 16.7. The van der Waals surface area contributed by atoms with Crippen molar-refractivity contribution in [2.45, 2.75) is 18.9 Å². The van der Waals surface area contributed by atoms with E-state index in [9.17, 15) is 9.18 Å². The van der Waals surface area contributed by atoms with Crippen LogP contribution in [-0.2, 0) is 9.53 Å². The lowest BCUT2D eigenvalue weighted by Crippen LogP contribution is -2.40. The van der Waals surface area contributed by atoms with E-state index in [1.165, 1.54) is 12.1 Å². The third-order valence-corrected chi connectivity index (χ3v) is 4.02. The molecule has 0 aliphatic carbocycles. The quantitative estimate of drug-likeness (QED) is 0.804. The zero-order valence-corrected chi connectivity index (χ0v) is 13.4. The molecule has 0 aromatic heterocycles. The number of carbonyl (C=O) groups is 1. The lowest BCUT2D eigenvalue weighted by molar-refractivity contribution is -0.130. The molecule has 1 aromatic rings. The minimum absolute atomic E-state index is 0.0464. The van der Waals surface area contributed by atoms with Crippen LogP contribution in [0, 0.1) is 17.1 Å². The molecular weight excluding hydrogens is 297 g/mol. The van der Waals surface area contributed by atoms with Crippen molar-refractivity contribution >= 4 is 5.91 Å². The number of carbonyl (C=O) groups excluding carboxylic acids is 1. The summed E-state index contributed by atoms with van der Waals surface area (Å²) in [5, 5.41) is 8.55. The van der Waals surface area contributed by atoms with Crippen LogP contribution in [0.15, 0.2) is 24.3 Å². The lowest BCUT2D eigenvalue weighted by Gasteiger charge is -2.33. The molecular formula is C17H22FN3O2. The van der Waals surface area contributed by atoms with E-state index in [2.05, 4.69) is 4.90 Å². The summed E-state index contributed by atoms with van der Waals surface area (Å²) in [6, 6.07) is 8.39. The molecule has 0 saturated carbocycles. The van der Waals surface area contributed by atoms with Gasteiger partial charge in [-0.25, -0.2) is 4.39 Å². The monoisotopic (exact) mass is 319 g/mol. The molecule has 23 heavy (non-hydrogen) atoms. The van der Waals surface area contributed by atoms with Gasteiger partial charge in [-0.3, -0.25) is 9.69 Å². The van der Waals surface area contributed by atoms with Gasteiger partial charge in [-0.15, -0.1) is 0 Å².